The van der Waals surface area contributed by atoms with Crippen molar-refractivity contribution >= 4 is 15.9 Å². The summed E-state index contributed by atoms with van der Waals surface area (Å²) >= 11 is 3.42. The van der Waals surface area contributed by atoms with Crippen molar-refractivity contribution in [2.45, 2.75) is 19.8 Å². The molecular formula is C12H15BrFN. The molecular weight excluding hydrogens is 257 g/mol. The molecule has 3 heteroatoms. The Balaban J connectivity index is 2.41. The first-order valence-corrected chi connectivity index (χ1v) is 5.93. The Kier molecular flexibility index (Phi) is 2.63. The van der Waals surface area contributed by atoms with Crippen LogP contribution in [0.5, 0.6) is 0 Å². The third kappa shape index (κ3) is 1.62. The summed E-state index contributed by atoms with van der Waals surface area (Å²) in [6.07, 6.45) is 0. The van der Waals surface area contributed by atoms with Crippen molar-refractivity contribution in [1.29, 1.82) is 0 Å². The van der Waals surface area contributed by atoms with Crippen molar-refractivity contribution in [2.75, 3.05) is 6.54 Å². The van der Waals surface area contributed by atoms with E-state index < -0.39 is 0 Å². The molecule has 2 N–H and O–H groups in total. The van der Waals surface area contributed by atoms with Crippen LogP contribution in [0.1, 0.15) is 25.3 Å². The Morgan fingerprint density at radius 3 is 2.60 bits per heavy atom. The van der Waals surface area contributed by atoms with Gasteiger partial charge in [-0.25, -0.2) is 4.39 Å². The van der Waals surface area contributed by atoms with E-state index in [1.54, 1.807) is 6.07 Å². The van der Waals surface area contributed by atoms with Gasteiger partial charge in [-0.15, -0.1) is 0 Å². The minimum atomic E-state index is -0.126. The second-order valence-corrected chi connectivity index (χ2v) is 5.63. The van der Waals surface area contributed by atoms with Gasteiger partial charge in [-0.2, -0.15) is 0 Å². The SMILES string of the molecule is CC1(C)[C@@H](CN)[C@@H]1c1c(F)cccc1Br. The molecule has 2 atom stereocenters. The lowest BCUT2D eigenvalue weighted by atomic mass is 10.0. The van der Waals surface area contributed by atoms with E-state index in [1.165, 1.54) is 6.07 Å². The molecule has 1 nitrogen and oxygen atoms in total. The zero-order valence-corrected chi connectivity index (χ0v) is 10.5. The molecule has 1 aliphatic carbocycles. The first kappa shape index (κ1) is 11.1. The van der Waals surface area contributed by atoms with Gasteiger partial charge in [0, 0.05) is 10.0 Å². The van der Waals surface area contributed by atoms with Crippen molar-refractivity contribution in [3.05, 3.63) is 34.1 Å². The van der Waals surface area contributed by atoms with Crippen LogP contribution in [0.3, 0.4) is 0 Å². The van der Waals surface area contributed by atoms with Gasteiger partial charge in [0.05, 0.1) is 0 Å². The number of nitrogens with two attached hydrogens (primary N) is 1. The third-order valence-electron chi connectivity index (χ3n) is 3.62. The fraction of sp³-hybridized carbons (Fsp3) is 0.500. The number of hydrogen-bond donors (Lipinski definition) is 1. The van der Waals surface area contributed by atoms with Crippen molar-refractivity contribution in [3.63, 3.8) is 0 Å². The molecule has 0 unspecified atom stereocenters. The van der Waals surface area contributed by atoms with E-state index in [9.17, 15) is 4.39 Å². The summed E-state index contributed by atoms with van der Waals surface area (Å²) in [4.78, 5) is 0. The summed E-state index contributed by atoms with van der Waals surface area (Å²) in [5.41, 5.74) is 6.61. The highest BCUT2D eigenvalue weighted by Crippen LogP contribution is 2.65. The number of hydrogen-bond acceptors (Lipinski definition) is 1. The van der Waals surface area contributed by atoms with Crippen molar-refractivity contribution in [3.8, 4) is 0 Å². The maximum absolute atomic E-state index is 13.7. The van der Waals surface area contributed by atoms with Gasteiger partial charge in [-0.3, -0.25) is 0 Å². The van der Waals surface area contributed by atoms with Crippen LogP contribution in [0.4, 0.5) is 4.39 Å². The van der Waals surface area contributed by atoms with E-state index in [0.717, 1.165) is 10.0 Å². The van der Waals surface area contributed by atoms with Gasteiger partial charge >= 0.3 is 0 Å². The molecule has 0 aromatic heterocycles. The van der Waals surface area contributed by atoms with Crippen molar-refractivity contribution < 1.29 is 4.39 Å². The largest absolute Gasteiger partial charge is 0.330 e. The first-order valence-electron chi connectivity index (χ1n) is 5.14. The molecule has 2 rings (SSSR count). The van der Waals surface area contributed by atoms with Gasteiger partial charge < -0.3 is 5.73 Å². The lowest BCUT2D eigenvalue weighted by Gasteiger charge is -2.07. The molecule has 0 heterocycles. The predicted molar refractivity (Wildman–Crippen MR) is 63.2 cm³/mol. The Hall–Kier alpha value is -0.410. The number of benzene rings is 1. The second-order valence-electron chi connectivity index (χ2n) is 4.78. The average molecular weight is 272 g/mol. The van der Waals surface area contributed by atoms with Crippen LogP contribution in [0, 0.1) is 17.2 Å². The molecule has 0 spiro atoms. The molecule has 1 aromatic rings. The van der Waals surface area contributed by atoms with Gasteiger partial charge in [-0.05, 0) is 35.9 Å². The highest BCUT2D eigenvalue weighted by molar-refractivity contribution is 9.10. The minimum absolute atomic E-state index is 0.124. The molecule has 1 aromatic carbocycles. The zero-order valence-electron chi connectivity index (χ0n) is 8.93. The van der Waals surface area contributed by atoms with Gasteiger partial charge in [-0.1, -0.05) is 35.8 Å². The highest BCUT2D eigenvalue weighted by Gasteiger charge is 2.58. The quantitative estimate of drug-likeness (QED) is 0.878. The Labute approximate surface area is 98.0 Å². The fourth-order valence-electron chi connectivity index (χ4n) is 2.56. The van der Waals surface area contributed by atoms with E-state index in [0.29, 0.717) is 12.5 Å². The molecule has 0 saturated heterocycles. The Bertz CT molecular complexity index is 369. The molecule has 1 saturated carbocycles. The van der Waals surface area contributed by atoms with E-state index in [4.69, 9.17) is 5.73 Å². The summed E-state index contributed by atoms with van der Waals surface area (Å²) < 4.78 is 14.6. The molecule has 1 aliphatic rings. The highest BCUT2D eigenvalue weighted by atomic mass is 79.9. The number of rotatable bonds is 2. The maximum atomic E-state index is 13.7. The van der Waals surface area contributed by atoms with Crippen LogP contribution in [0.25, 0.3) is 0 Å². The first-order chi connectivity index (χ1) is 7.00. The molecule has 1 fully saturated rings. The number of halogens is 2. The molecule has 15 heavy (non-hydrogen) atoms. The zero-order chi connectivity index (χ0) is 11.2. The summed E-state index contributed by atoms with van der Waals surface area (Å²) in [6, 6.07) is 5.12. The lowest BCUT2D eigenvalue weighted by Crippen LogP contribution is -2.05. The van der Waals surface area contributed by atoms with E-state index in [-0.39, 0.29) is 17.2 Å². The molecule has 82 valence electrons. The van der Waals surface area contributed by atoms with E-state index in [1.807, 2.05) is 6.07 Å². The lowest BCUT2D eigenvalue weighted by molar-refractivity contribution is 0.550. The van der Waals surface area contributed by atoms with E-state index in [2.05, 4.69) is 29.8 Å². The van der Waals surface area contributed by atoms with Gasteiger partial charge in [0.15, 0.2) is 0 Å². The van der Waals surface area contributed by atoms with Crippen molar-refractivity contribution in [2.24, 2.45) is 17.1 Å². The Morgan fingerprint density at radius 1 is 1.47 bits per heavy atom. The maximum Gasteiger partial charge on any atom is 0.127 e. The van der Waals surface area contributed by atoms with Crippen LogP contribution in [-0.4, -0.2) is 6.54 Å². The molecule has 0 bridgehead atoms. The summed E-state index contributed by atoms with van der Waals surface area (Å²) in [6.45, 7) is 4.92. The molecule has 0 aliphatic heterocycles. The normalized spacial score (nSPS) is 27.8. The van der Waals surface area contributed by atoms with Crippen molar-refractivity contribution in [1.82, 2.24) is 0 Å². The third-order valence-corrected chi connectivity index (χ3v) is 4.31. The van der Waals surface area contributed by atoms with Gasteiger partial charge in [0.25, 0.3) is 0 Å². The van der Waals surface area contributed by atoms with Crippen LogP contribution >= 0.6 is 15.9 Å². The van der Waals surface area contributed by atoms with E-state index >= 15 is 0 Å². The standard InChI is InChI=1S/C12H15BrFN/c1-12(2)7(6-15)11(12)10-8(13)4-3-5-9(10)14/h3-5,7,11H,6,15H2,1-2H3/t7-,11+/m0/s1. The van der Waals surface area contributed by atoms with Crippen LogP contribution in [0.15, 0.2) is 22.7 Å². The second kappa shape index (κ2) is 3.56. The average Bonchev–Trinajstić information content (AvgIpc) is 2.68. The van der Waals surface area contributed by atoms with Gasteiger partial charge in [0.1, 0.15) is 5.82 Å². The van der Waals surface area contributed by atoms with Crippen LogP contribution in [0.2, 0.25) is 0 Å². The Morgan fingerprint density at radius 2 is 2.13 bits per heavy atom. The minimum Gasteiger partial charge on any atom is -0.330 e. The summed E-state index contributed by atoms with van der Waals surface area (Å²) in [5.74, 6) is 0.516. The molecule has 0 radical (unpaired) electrons. The van der Waals surface area contributed by atoms with Crippen LogP contribution in [-0.2, 0) is 0 Å². The van der Waals surface area contributed by atoms with Crippen LogP contribution < -0.4 is 5.73 Å². The summed E-state index contributed by atoms with van der Waals surface area (Å²) in [5, 5.41) is 0. The monoisotopic (exact) mass is 271 g/mol. The fourth-order valence-corrected chi connectivity index (χ4v) is 3.15. The summed E-state index contributed by atoms with van der Waals surface area (Å²) in [7, 11) is 0. The smallest absolute Gasteiger partial charge is 0.127 e. The molecule has 0 amide bonds. The predicted octanol–water partition coefficient (Wildman–Crippen LogP) is 3.29. The van der Waals surface area contributed by atoms with Gasteiger partial charge in [0.2, 0.25) is 0 Å². The topological polar surface area (TPSA) is 26.0 Å².